The van der Waals surface area contributed by atoms with Crippen LogP contribution in [-0.2, 0) is 4.74 Å². The summed E-state index contributed by atoms with van der Waals surface area (Å²) in [5.41, 5.74) is 3.34. The molecule has 1 N–H and O–H groups in total. The normalized spacial score (nSPS) is 22.2. The largest absolute Gasteiger partial charge is 0.488 e. The van der Waals surface area contributed by atoms with E-state index in [0.29, 0.717) is 17.4 Å². The summed E-state index contributed by atoms with van der Waals surface area (Å²) in [5.74, 6) is 0.441. The molecule has 0 aromatic heterocycles. The third-order valence-electron chi connectivity index (χ3n) is 7.29. The molecule has 3 atom stereocenters. The maximum Gasteiger partial charge on any atom is 0.411 e. The summed E-state index contributed by atoms with van der Waals surface area (Å²) >= 11 is 0. The van der Waals surface area contributed by atoms with Crippen LogP contribution < -0.4 is 15.0 Å². The van der Waals surface area contributed by atoms with E-state index in [0.717, 1.165) is 48.9 Å². The van der Waals surface area contributed by atoms with Crippen molar-refractivity contribution < 1.29 is 23.0 Å². The Balaban J connectivity index is 1.37. The van der Waals surface area contributed by atoms with Crippen LogP contribution in [0.1, 0.15) is 62.1 Å². The fourth-order valence-electron chi connectivity index (χ4n) is 5.06. The van der Waals surface area contributed by atoms with Crippen LogP contribution >= 0.6 is 0 Å². The Morgan fingerprint density at radius 2 is 1.91 bits per heavy atom. The predicted octanol–water partition coefficient (Wildman–Crippen LogP) is 6.40. The topological polar surface area (TPSA) is 74.6 Å². The molecule has 0 spiro atoms. The van der Waals surface area contributed by atoms with Gasteiger partial charge >= 0.3 is 6.09 Å². The van der Waals surface area contributed by atoms with Gasteiger partial charge in [-0.1, -0.05) is 18.2 Å². The van der Waals surface area contributed by atoms with Gasteiger partial charge < -0.3 is 14.4 Å². The fourth-order valence-corrected chi connectivity index (χ4v) is 5.06. The molecule has 2 saturated carbocycles. The Kier molecular flexibility index (Phi) is 6.50. The molecule has 1 aliphatic heterocycles. The molecule has 1 heterocycles. The lowest BCUT2D eigenvalue weighted by Crippen LogP contribution is -2.41. The quantitative estimate of drug-likeness (QED) is 0.472. The second kappa shape index (κ2) is 9.73. The molecular weight excluding hydrogens is 452 g/mol. The van der Waals surface area contributed by atoms with Gasteiger partial charge in [0.2, 0.25) is 0 Å². The molecule has 0 radical (unpaired) electrons. The van der Waals surface area contributed by atoms with E-state index in [2.05, 4.69) is 16.3 Å². The van der Waals surface area contributed by atoms with Gasteiger partial charge in [0.1, 0.15) is 18.5 Å². The summed E-state index contributed by atoms with van der Waals surface area (Å²) in [6.45, 7) is 1.25. The van der Waals surface area contributed by atoms with Crippen molar-refractivity contribution in [1.29, 1.82) is 5.26 Å². The minimum Gasteiger partial charge on any atom is -0.488 e. The molecule has 2 aromatic carbocycles. The van der Waals surface area contributed by atoms with Crippen molar-refractivity contribution in [2.45, 2.75) is 69.6 Å². The number of halogens is 2. The Labute approximate surface area is 203 Å². The summed E-state index contributed by atoms with van der Waals surface area (Å²) in [6.07, 6.45) is 2.25. The van der Waals surface area contributed by atoms with Crippen molar-refractivity contribution in [2.24, 2.45) is 5.92 Å². The van der Waals surface area contributed by atoms with Gasteiger partial charge in [0, 0.05) is 23.5 Å². The average Bonchev–Trinajstić information content (AvgIpc) is 3.61. The number of benzene rings is 2. The van der Waals surface area contributed by atoms with Gasteiger partial charge in [-0.2, -0.15) is 5.26 Å². The lowest BCUT2D eigenvalue weighted by atomic mass is 9.87. The number of hydrogen-bond donors (Lipinski definition) is 1. The maximum absolute atomic E-state index is 12.7. The first-order valence-corrected chi connectivity index (χ1v) is 12.2. The SMILES string of the molecule is CC(OC(=O)Nc1ccc(C2C(C#N)c3ccc(OCC(F)F)cc3N2C2CCC2)cc1)C1CC1. The number of carbonyl (C=O) groups is 1. The zero-order chi connectivity index (χ0) is 24.5. The smallest absolute Gasteiger partial charge is 0.411 e. The molecule has 0 bridgehead atoms. The van der Waals surface area contributed by atoms with Gasteiger partial charge in [-0.05, 0) is 74.3 Å². The number of ether oxygens (including phenoxy) is 2. The maximum atomic E-state index is 12.7. The molecule has 2 aliphatic carbocycles. The van der Waals surface area contributed by atoms with E-state index < -0.39 is 25.0 Å². The van der Waals surface area contributed by atoms with Crippen LogP contribution in [0, 0.1) is 17.2 Å². The van der Waals surface area contributed by atoms with Crippen LogP contribution in [-0.4, -0.2) is 31.3 Å². The number of rotatable bonds is 8. The second-order valence-corrected chi connectivity index (χ2v) is 9.66. The van der Waals surface area contributed by atoms with Crippen LogP contribution in [0.3, 0.4) is 0 Å². The molecule has 2 aromatic rings. The molecule has 3 unspecified atom stereocenters. The Morgan fingerprint density at radius 1 is 1.17 bits per heavy atom. The van der Waals surface area contributed by atoms with Crippen molar-refractivity contribution >= 4 is 17.5 Å². The van der Waals surface area contributed by atoms with Gasteiger partial charge in [-0.3, -0.25) is 5.32 Å². The first-order valence-electron chi connectivity index (χ1n) is 12.2. The number of nitrogens with zero attached hydrogens (tertiary/aromatic N) is 2. The third-order valence-corrected chi connectivity index (χ3v) is 7.29. The molecule has 8 heteroatoms. The molecule has 2 fully saturated rings. The summed E-state index contributed by atoms with van der Waals surface area (Å²) in [4.78, 5) is 14.5. The zero-order valence-corrected chi connectivity index (χ0v) is 19.6. The lowest BCUT2D eigenvalue weighted by Gasteiger charge is -2.41. The average molecular weight is 482 g/mol. The van der Waals surface area contributed by atoms with Crippen LogP contribution in [0.2, 0.25) is 0 Å². The number of hydrogen-bond acceptors (Lipinski definition) is 5. The van der Waals surface area contributed by atoms with Crippen molar-refractivity contribution in [3.05, 3.63) is 53.6 Å². The lowest BCUT2D eigenvalue weighted by molar-refractivity contribution is 0.0819. The second-order valence-electron chi connectivity index (χ2n) is 9.66. The Morgan fingerprint density at radius 3 is 2.51 bits per heavy atom. The van der Waals surface area contributed by atoms with E-state index in [9.17, 15) is 18.8 Å². The van der Waals surface area contributed by atoms with Crippen molar-refractivity contribution in [3.8, 4) is 11.8 Å². The zero-order valence-electron chi connectivity index (χ0n) is 19.6. The van der Waals surface area contributed by atoms with E-state index >= 15 is 0 Å². The molecule has 1 amide bonds. The van der Waals surface area contributed by atoms with Crippen LogP contribution in [0.15, 0.2) is 42.5 Å². The fraction of sp³-hybridized carbons (Fsp3) is 0.481. The number of nitrogens with one attached hydrogen (secondary N) is 1. The highest BCUT2D eigenvalue weighted by Gasteiger charge is 2.44. The Bertz CT molecular complexity index is 1110. The third kappa shape index (κ3) is 4.90. The number of amides is 1. The molecule has 3 aliphatic rings. The highest BCUT2D eigenvalue weighted by molar-refractivity contribution is 5.84. The number of nitriles is 1. The van der Waals surface area contributed by atoms with Gasteiger partial charge in [-0.15, -0.1) is 0 Å². The van der Waals surface area contributed by atoms with E-state index in [-0.39, 0.29) is 18.2 Å². The van der Waals surface area contributed by atoms with Crippen LogP contribution in [0.25, 0.3) is 0 Å². The van der Waals surface area contributed by atoms with Crippen LogP contribution in [0.4, 0.5) is 25.0 Å². The first-order chi connectivity index (χ1) is 16.9. The molecule has 6 nitrogen and oxygen atoms in total. The van der Waals surface area contributed by atoms with E-state index in [1.165, 1.54) is 0 Å². The highest BCUT2D eigenvalue weighted by atomic mass is 19.3. The van der Waals surface area contributed by atoms with E-state index in [1.807, 2.05) is 37.3 Å². The molecule has 5 rings (SSSR count). The summed E-state index contributed by atoms with van der Waals surface area (Å²) in [5, 5.41) is 12.9. The van der Waals surface area contributed by atoms with Gasteiger partial charge in [0.25, 0.3) is 6.43 Å². The molecule has 184 valence electrons. The number of anilines is 2. The van der Waals surface area contributed by atoms with Crippen LogP contribution in [0.5, 0.6) is 5.75 Å². The van der Waals surface area contributed by atoms with Crippen molar-refractivity contribution in [3.63, 3.8) is 0 Å². The molecular formula is C27H29F2N3O3. The van der Waals surface area contributed by atoms with Gasteiger partial charge in [0.15, 0.2) is 0 Å². The standard InChI is InChI=1S/C27H29F2N3O3/c1-16(17-5-6-17)35-27(33)31-19-9-7-18(8-10-19)26-23(14-30)22-12-11-21(34-15-25(28)29)13-24(22)32(26)20-3-2-4-20/h7-13,16-17,20,23,25-26H,2-6,15H2,1H3,(H,31,33). The molecule has 35 heavy (non-hydrogen) atoms. The van der Waals surface area contributed by atoms with Gasteiger partial charge in [0.05, 0.1) is 18.0 Å². The van der Waals surface area contributed by atoms with Crippen molar-refractivity contribution in [2.75, 3.05) is 16.8 Å². The van der Waals surface area contributed by atoms with E-state index in [1.54, 1.807) is 12.1 Å². The minimum absolute atomic E-state index is 0.0896. The number of carbonyl (C=O) groups excluding carboxylic acids is 1. The van der Waals surface area contributed by atoms with E-state index in [4.69, 9.17) is 9.47 Å². The Hall–Kier alpha value is -3.34. The predicted molar refractivity (Wildman–Crippen MR) is 128 cm³/mol. The summed E-state index contributed by atoms with van der Waals surface area (Å²) < 4.78 is 36.0. The number of fused-ring (bicyclic) bond motifs is 1. The monoisotopic (exact) mass is 481 g/mol. The summed E-state index contributed by atoms with van der Waals surface area (Å²) in [6, 6.07) is 15.3. The first kappa shape index (κ1) is 23.4. The van der Waals surface area contributed by atoms with Gasteiger partial charge in [-0.25, -0.2) is 13.6 Å². The van der Waals surface area contributed by atoms with Crippen molar-refractivity contribution in [1.82, 2.24) is 0 Å². The minimum atomic E-state index is -2.55. The number of alkyl halides is 2. The molecule has 0 saturated heterocycles. The highest BCUT2D eigenvalue weighted by Crippen LogP contribution is 2.53. The summed E-state index contributed by atoms with van der Waals surface area (Å²) in [7, 11) is 0.